The van der Waals surface area contributed by atoms with Crippen LogP contribution in [0, 0.1) is 0 Å². The van der Waals surface area contributed by atoms with Gasteiger partial charge in [-0.25, -0.2) is 9.97 Å². The van der Waals surface area contributed by atoms with Crippen molar-refractivity contribution in [3.8, 4) is 11.3 Å². The minimum absolute atomic E-state index is 0.208. The van der Waals surface area contributed by atoms with E-state index in [9.17, 15) is 9.59 Å². The van der Waals surface area contributed by atoms with E-state index in [-0.39, 0.29) is 11.5 Å². The summed E-state index contributed by atoms with van der Waals surface area (Å²) in [6, 6.07) is 17.7. The number of rotatable bonds is 4. The summed E-state index contributed by atoms with van der Waals surface area (Å²) < 4.78 is 1.48. The SMILES string of the molecule is Cn1c(=O)c(-c2ccc(C(=O)NCc3cccc(Cl)c3)cc2)nc2cccnc21. The molecule has 1 N–H and O–H groups in total. The third-order valence-electron chi connectivity index (χ3n) is 4.59. The molecule has 29 heavy (non-hydrogen) atoms. The average molecular weight is 405 g/mol. The van der Waals surface area contributed by atoms with Crippen LogP contribution in [0.1, 0.15) is 15.9 Å². The molecule has 2 aromatic carbocycles. The molecule has 144 valence electrons. The Hall–Kier alpha value is -3.51. The van der Waals surface area contributed by atoms with Gasteiger partial charge < -0.3 is 5.32 Å². The minimum atomic E-state index is -0.241. The Labute approximate surface area is 171 Å². The van der Waals surface area contributed by atoms with E-state index in [4.69, 9.17) is 11.6 Å². The lowest BCUT2D eigenvalue weighted by molar-refractivity contribution is 0.0951. The van der Waals surface area contributed by atoms with Crippen LogP contribution in [0.5, 0.6) is 0 Å². The van der Waals surface area contributed by atoms with Crippen LogP contribution in [0.25, 0.3) is 22.4 Å². The number of aromatic nitrogens is 3. The van der Waals surface area contributed by atoms with E-state index in [2.05, 4.69) is 15.3 Å². The Kier molecular flexibility index (Phi) is 5.10. The molecule has 4 rings (SSSR count). The molecule has 0 bridgehead atoms. The molecule has 2 aromatic heterocycles. The van der Waals surface area contributed by atoms with Crippen LogP contribution in [-0.2, 0) is 13.6 Å². The zero-order chi connectivity index (χ0) is 20.4. The normalized spacial score (nSPS) is 10.8. The summed E-state index contributed by atoms with van der Waals surface area (Å²) in [5.41, 5.74) is 3.29. The summed E-state index contributed by atoms with van der Waals surface area (Å²) in [7, 11) is 1.67. The van der Waals surface area contributed by atoms with Crippen molar-refractivity contribution in [2.24, 2.45) is 7.05 Å². The fraction of sp³-hybridized carbons (Fsp3) is 0.0909. The number of hydrogen-bond acceptors (Lipinski definition) is 4. The first kappa shape index (κ1) is 18.8. The zero-order valence-corrected chi connectivity index (χ0v) is 16.3. The number of aryl methyl sites for hydroxylation is 1. The molecular formula is C22H17ClN4O2. The van der Waals surface area contributed by atoms with E-state index in [0.717, 1.165) is 5.56 Å². The lowest BCUT2D eigenvalue weighted by atomic mass is 10.1. The second-order valence-corrected chi connectivity index (χ2v) is 7.00. The lowest BCUT2D eigenvalue weighted by Crippen LogP contribution is -2.23. The van der Waals surface area contributed by atoms with E-state index in [0.29, 0.717) is 39.6 Å². The Balaban J connectivity index is 1.56. The quantitative estimate of drug-likeness (QED) is 0.564. The highest BCUT2D eigenvalue weighted by Gasteiger charge is 2.12. The number of halogens is 1. The molecule has 0 aliphatic rings. The standard InChI is InChI=1S/C22H17ClN4O2/c1-27-20-18(6-3-11-24-20)26-19(22(27)29)15-7-9-16(10-8-15)21(28)25-13-14-4-2-5-17(23)12-14/h2-12H,13H2,1H3,(H,25,28). The van der Waals surface area contributed by atoms with Gasteiger partial charge in [0.1, 0.15) is 11.2 Å². The maximum Gasteiger partial charge on any atom is 0.278 e. The minimum Gasteiger partial charge on any atom is -0.348 e. The van der Waals surface area contributed by atoms with Gasteiger partial charge in [-0.15, -0.1) is 0 Å². The maximum absolute atomic E-state index is 12.7. The first-order valence-corrected chi connectivity index (χ1v) is 9.35. The van der Waals surface area contributed by atoms with E-state index in [1.807, 2.05) is 18.2 Å². The molecule has 0 saturated carbocycles. The Bertz CT molecular complexity index is 1270. The predicted molar refractivity (Wildman–Crippen MR) is 113 cm³/mol. The number of carbonyl (C=O) groups is 1. The number of pyridine rings is 1. The highest BCUT2D eigenvalue weighted by Crippen LogP contribution is 2.17. The molecule has 0 radical (unpaired) electrons. The number of nitrogens with one attached hydrogen (secondary N) is 1. The molecule has 0 atom stereocenters. The van der Waals surface area contributed by atoms with Crippen LogP contribution >= 0.6 is 11.6 Å². The highest BCUT2D eigenvalue weighted by molar-refractivity contribution is 6.30. The van der Waals surface area contributed by atoms with E-state index in [1.165, 1.54) is 4.57 Å². The molecule has 0 aliphatic carbocycles. The topological polar surface area (TPSA) is 76.9 Å². The summed E-state index contributed by atoms with van der Waals surface area (Å²) in [4.78, 5) is 33.7. The molecule has 2 heterocycles. The number of benzene rings is 2. The molecule has 4 aromatic rings. The summed E-state index contributed by atoms with van der Waals surface area (Å²) in [5.74, 6) is -0.208. The number of carbonyl (C=O) groups excluding carboxylic acids is 1. The fourth-order valence-electron chi connectivity index (χ4n) is 3.06. The van der Waals surface area contributed by atoms with Gasteiger partial charge in [0, 0.05) is 35.9 Å². The summed E-state index contributed by atoms with van der Waals surface area (Å²) >= 11 is 5.96. The van der Waals surface area contributed by atoms with Crippen molar-refractivity contribution in [3.63, 3.8) is 0 Å². The van der Waals surface area contributed by atoms with Gasteiger partial charge in [0.05, 0.1) is 0 Å². The maximum atomic E-state index is 12.7. The lowest BCUT2D eigenvalue weighted by Gasteiger charge is -2.08. The molecule has 6 nitrogen and oxygen atoms in total. The molecular weight excluding hydrogens is 388 g/mol. The summed E-state index contributed by atoms with van der Waals surface area (Å²) in [6.07, 6.45) is 1.62. The van der Waals surface area contributed by atoms with Gasteiger partial charge in [-0.1, -0.05) is 35.9 Å². The largest absolute Gasteiger partial charge is 0.348 e. The van der Waals surface area contributed by atoms with Crippen LogP contribution in [0.15, 0.2) is 71.7 Å². The van der Waals surface area contributed by atoms with Crippen molar-refractivity contribution in [2.45, 2.75) is 6.54 Å². The van der Waals surface area contributed by atoms with Gasteiger partial charge in [0.15, 0.2) is 5.65 Å². The first-order chi connectivity index (χ1) is 14.0. The summed E-state index contributed by atoms with van der Waals surface area (Å²) in [6.45, 7) is 0.376. The molecule has 0 saturated heterocycles. The first-order valence-electron chi connectivity index (χ1n) is 8.98. The van der Waals surface area contributed by atoms with Crippen LogP contribution in [0.3, 0.4) is 0 Å². The van der Waals surface area contributed by atoms with Crippen molar-refractivity contribution in [2.75, 3.05) is 0 Å². The van der Waals surface area contributed by atoms with Gasteiger partial charge in [-0.2, -0.15) is 0 Å². The third kappa shape index (κ3) is 3.88. The third-order valence-corrected chi connectivity index (χ3v) is 4.82. The van der Waals surface area contributed by atoms with Gasteiger partial charge in [0.25, 0.3) is 11.5 Å². The Morgan fingerprint density at radius 1 is 1.10 bits per heavy atom. The van der Waals surface area contributed by atoms with Crippen molar-refractivity contribution < 1.29 is 4.79 Å². The highest BCUT2D eigenvalue weighted by atomic mass is 35.5. The number of nitrogens with zero attached hydrogens (tertiary/aromatic N) is 3. The van der Waals surface area contributed by atoms with Gasteiger partial charge in [0.2, 0.25) is 0 Å². The monoisotopic (exact) mass is 404 g/mol. The smallest absolute Gasteiger partial charge is 0.278 e. The van der Waals surface area contributed by atoms with Crippen LogP contribution in [0.2, 0.25) is 5.02 Å². The van der Waals surface area contributed by atoms with Gasteiger partial charge in [-0.05, 0) is 42.0 Å². The van der Waals surface area contributed by atoms with Gasteiger partial charge >= 0.3 is 0 Å². The number of amides is 1. The molecule has 7 heteroatoms. The molecule has 0 fully saturated rings. The van der Waals surface area contributed by atoms with Crippen LogP contribution in [0.4, 0.5) is 0 Å². The summed E-state index contributed by atoms with van der Waals surface area (Å²) in [5, 5.41) is 3.48. The van der Waals surface area contributed by atoms with Crippen LogP contribution < -0.4 is 10.9 Å². The van der Waals surface area contributed by atoms with E-state index >= 15 is 0 Å². The van der Waals surface area contributed by atoms with Gasteiger partial charge in [-0.3, -0.25) is 14.2 Å². The molecule has 0 aliphatic heterocycles. The Morgan fingerprint density at radius 3 is 2.66 bits per heavy atom. The van der Waals surface area contributed by atoms with Crippen LogP contribution in [-0.4, -0.2) is 20.4 Å². The molecule has 1 amide bonds. The Morgan fingerprint density at radius 2 is 1.90 bits per heavy atom. The zero-order valence-electron chi connectivity index (χ0n) is 15.6. The average Bonchev–Trinajstić information content (AvgIpc) is 2.75. The number of hydrogen-bond donors (Lipinski definition) is 1. The van der Waals surface area contributed by atoms with E-state index < -0.39 is 0 Å². The molecule has 0 unspecified atom stereocenters. The second kappa shape index (κ2) is 7.85. The van der Waals surface area contributed by atoms with Crippen molar-refractivity contribution >= 4 is 28.7 Å². The van der Waals surface area contributed by atoms with Crippen molar-refractivity contribution in [3.05, 3.63) is 93.4 Å². The fourth-order valence-corrected chi connectivity index (χ4v) is 3.27. The molecule has 0 spiro atoms. The van der Waals surface area contributed by atoms with Crippen molar-refractivity contribution in [1.82, 2.24) is 19.9 Å². The van der Waals surface area contributed by atoms with E-state index in [1.54, 1.807) is 55.7 Å². The number of fused-ring (bicyclic) bond motifs is 1. The second-order valence-electron chi connectivity index (χ2n) is 6.56. The predicted octanol–water partition coefficient (Wildman–Crippen LogP) is 3.58. The van der Waals surface area contributed by atoms with Crippen molar-refractivity contribution in [1.29, 1.82) is 0 Å².